The van der Waals surface area contributed by atoms with Crippen LogP contribution in [-0.4, -0.2) is 87.5 Å². The number of unbranched alkanes of at least 4 members (excludes halogenated alkanes) is 16. The second kappa shape index (κ2) is 35.3. The van der Waals surface area contributed by atoms with Gasteiger partial charge in [0, 0.05) is 6.42 Å². The van der Waals surface area contributed by atoms with Gasteiger partial charge in [0.25, 0.3) is 0 Å². The van der Waals surface area contributed by atoms with Crippen LogP contribution in [0, 0.1) is 0 Å². The Morgan fingerprint density at radius 2 is 1.13 bits per heavy atom. The van der Waals surface area contributed by atoms with E-state index >= 15 is 0 Å². The zero-order valence-corrected chi connectivity index (χ0v) is 34.0. The Labute approximate surface area is 328 Å². The van der Waals surface area contributed by atoms with E-state index in [1.165, 1.54) is 64.2 Å². The van der Waals surface area contributed by atoms with Crippen LogP contribution in [0.1, 0.15) is 162 Å². The van der Waals surface area contributed by atoms with Gasteiger partial charge in [-0.15, -0.1) is 0 Å². The zero-order valence-electron chi connectivity index (χ0n) is 34.0. The predicted molar refractivity (Wildman–Crippen MR) is 221 cm³/mol. The molecule has 1 heterocycles. The molecule has 1 aliphatic heterocycles. The fourth-order valence-corrected chi connectivity index (χ4v) is 6.28. The molecule has 0 radical (unpaired) electrons. The van der Waals surface area contributed by atoms with Gasteiger partial charge in [-0.05, 0) is 64.2 Å². The largest absolute Gasteiger partial charge is 0.394 e. The molecule has 1 rings (SSSR count). The van der Waals surface area contributed by atoms with Crippen LogP contribution < -0.4 is 5.32 Å². The molecule has 0 spiro atoms. The van der Waals surface area contributed by atoms with Crippen molar-refractivity contribution >= 4 is 5.91 Å². The van der Waals surface area contributed by atoms with Crippen molar-refractivity contribution in [2.75, 3.05) is 13.2 Å². The van der Waals surface area contributed by atoms with Gasteiger partial charge < -0.3 is 40.3 Å². The lowest BCUT2D eigenvalue weighted by Gasteiger charge is -2.40. The predicted octanol–water partition coefficient (Wildman–Crippen LogP) is 8.44. The summed E-state index contributed by atoms with van der Waals surface area (Å²) in [4.78, 5) is 12.9. The highest BCUT2D eigenvalue weighted by Crippen LogP contribution is 2.22. The number of carbonyl (C=O) groups excluding carboxylic acids is 1. The van der Waals surface area contributed by atoms with Crippen molar-refractivity contribution in [3.05, 3.63) is 60.8 Å². The normalized spacial score (nSPS) is 22.1. The Hall–Kier alpha value is -2.11. The number of allylic oxidation sites excluding steroid dienone is 9. The number of amides is 1. The molecule has 0 aromatic carbocycles. The van der Waals surface area contributed by atoms with Gasteiger partial charge in [-0.3, -0.25) is 4.79 Å². The first-order valence-electron chi connectivity index (χ1n) is 21.5. The van der Waals surface area contributed by atoms with Crippen molar-refractivity contribution in [1.82, 2.24) is 5.32 Å². The molecule has 1 saturated heterocycles. The zero-order chi connectivity index (χ0) is 39.5. The van der Waals surface area contributed by atoms with E-state index < -0.39 is 49.5 Å². The van der Waals surface area contributed by atoms with Gasteiger partial charge >= 0.3 is 0 Å². The molecule has 9 nitrogen and oxygen atoms in total. The Morgan fingerprint density at radius 1 is 0.630 bits per heavy atom. The Balaban J connectivity index is 2.29. The van der Waals surface area contributed by atoms with E-state index in [0.717, 1.165) is 77.0 Å². The van der Waals surface area contributed by atoms with E-state index in [1.807, 2.05) is 6.08 Å². The Kier molecular flexibility index (Phi) is 32.6. The van der Waals surface area contributed by atoms with Crippen LogP contribution in [0.15, 0.2) is 60.8 Å². The molecular formula is C45H79NO8. The first-order valence-corrected chi connectivity index (χ1v) is 21.5. The van der Waals surface area contributed by atoms with Gasteiger partial charge in [-0.1, -0.05) is 152 Å². The first-order chi connectivity index (χ1) is 26.3. The number of hydrogen-bond donors (Lipinski definition) is 6. The summed E-state index contributed by atoms with van der Waals surface area (Å²) in [5.41, 5.74) is 0. The molecular weight excluding hydrogens is 682 g/mol. The highest BCUT2D eigenvalue weighted by Gasteiger charge is 2.44. The van der Waals surface area contributed by atoms with Crippen molar-refractivity contribution in [3.63, 3.8) is 0 Å². The molecule has 0 bridgehead atoms. The van der Waals surface area contributed by atoms with Gasteiger partial charge in [0.05, 0.1) is 25.4 Å². The minimum Gasteiger partial charge on any atom is -0.394 e. The van der Waals surface area contributed by atoms with Crippen LogP contribution >= 0.6 is 0 Å². The average molecular weight is 762 g/mol. The fraction of sp³-hybridized carbons (Fsp3) is 0.756. The van der Waals surface area contributed by atoms with Crippen LogP contribution in [0.2, 0.25) is 0 Å². The van der Waals surface area contributed by atoms with E-state index in [1.54, 1.807) is 6.08 Å². The number of rotatable bonds is 34. The molecule has 7 unspecified atom stereocenters. The summed E-state index contributed by atoms with van der Waals surface area (Å²) in [6, 6.07) is -0.825. The van der Waals surface area contributed by atoms with E-state index in [9.17, 15) is 30.3 Å². The minimum absolute atomic E-state index is 0.201. The van der Waals surface area contributed by atoms with Crippen LogP contribution in [0.3, 0.4) is 0 Å². The lowest BCUT2D eigenvalue weighted by molar-refractivity contribution is -0.302. The fourth-order valence-electron chi connectivity index (χ4n) is 6.28. The molecule has 1 aliphatic rings. The summed E-state index contributed by atoms with van der Waals surface area (Å²) >= 11 is 0. The highest BCUT2D eigenvalue weighted by atomic mass is 16.7. The molecule has 312 valence electrons. The monoisotopic (exact) mass is 762 g/mol. The van der Waals surface area contributed by atoms with Gasteiger partial charge in [0.2, 0.25) is 5.91 Å². The lowest BCUT2D eigenvalue weighted by atomic mass is 9.99. The Bertz CT molecular complexity index is 1030. The average Bonchev–Trinajstić information content (AvgIpc) is 3.17. The molecule has 1 amide bonds. The summed E-state index contributed by atoms with van der Waals surface area (Å²) in [7, 11) is 0. The molecule has 0 aromatic rings. The third-order valence-corrected chi connectivity index (χ3v) is 9.81. The number of nitrogens with one attached hydrogen (secondary N) is 1. The van der Waals surface area contributed by atoms with Crippen molar-refractivity contribution in [1.29, 1.82) is 0 Å². The SMILES string of the molecule is CCCC/C=C/CC/C=C/C(O)C(COC1OC(CO)C(O)C(O)C1O)NC(=O)CCCCCCCCCC/C=C\C/C=C\C/C=C\CCCCCCC. The number of carbonyl (C=O) groups is 1. The molecule has 7 atom stereocenters. The molecule has 0 saturated carbocycles. The standard InChI is InChI=1S/C45H79NO8/c1-3-5-7-9-11-13-14-15-16-17-18-19-20-21-22-23-24-25-26-27-29-31-33-35-41(49)46-38(39(48)34-32-30-28-12-10-8-6-4-2)37-53-45-44(52)43(51)42(50)40(36-47)54-45/h10,12,14-15,17-18,20-21,32,34,38-40,42-45,47-48,50-52H,3-9,11,13,16,19,22-31,33,35-37H2,1-2H3,(H,46,49)/b12-10+,15-14-,18-17-,21-20-,34-32+. The van der Waals surface area contributed by atoms with Crippen LogP contribution in [0.4, 0.5) is 0 Å². The third kappa shape index (κ3) is 25.9. The molecule has 1 fully saturated rings. The summed E-state index contributed by atoms with van der Waals surface area (Å²) in [6.45, 7) is 3.64. The van der Waals surface area contributed by atoms with Gasteiger partial charge in [0.15, 0.2) is 6.29 Å². The quantitative estimate of drug-likeness (QED) is 0.0283. The maximum absolute atomic E-state index is 12.9. The minimum atomic E-state index is -1.57. The molecule has 54 heavy (non-hydrogen) atoms. The van der Waals surface area contributed by atoms with Crippen molar-refractivity contribution in [3.8, 4) is 0 Å². The maximum atomic E-state index is 12.9. The second-order valence-corrected chi connectivity index (χ2v) is 14.8. The van der Waals surface area contributed by atoms with E-state index in [0.29, 0.717) is 6.42 Å². The van der Waals surface area contributed by atoms with Gasteiger partial charge in [0.1, 0.15) is 24.4 Å². The van der Waals surface area contributed by atoms with Crippen LogP contribution in [0.25, 0.3) is 0 Å². The number of aliphatic hydroxyl groups is 5. The third-order valence-electron chi connectivity index (χ3n) is 9.81. The molecule has 0 aromatic heterocycles. The molecule has 9 heteroatoms. The summed E-state index contributed by atoms with van der Waals surface area (Å²) < 4.78 is 11.1. The number of ether oxygens (including phenoxy) is 2. The molecule has 6 N–H and O–H groups in total. The van der Waals surface area contributed by atoms with Gasteiger partial charge in [-0.25, -0.2) is 0 Å². The van der Waals surface area contributed by atoms with Crippen LogP contribution in [0.5, 0.6) is 0 Å². The highest BCUT2D eigenvalue weighted by molar-refractivity contribution is 5.76. The number of aliphatic hydroxyl groups excluding tert-OH is 5. The van der Waals surface area contributed by atoms with Gasteiger partial charge in [-0.2, -0.15) is 0 Å². The van der Waals surface area contributed by atoms with E-state index in [2.05, 4.69) is 67.8 Å². The van der Waals surface area contributed by atoms with E-state index in [4.69, 9.17) is 9.47 Å². The summed E-state index contributed by atoms with van der Waals surface area (Å²) in [5.74, 6) is -0.201. The smallest absolute Gasteiger partial charge is 0.220 e. The maximum Gasteiger partial charge on any atom is 0.220 e. The van der Waals surface area contributed by atoms with Crippen molar-refractivity contribution in [2.45, 2.75) is 204 Å². The van der Waals surface area contributed by atoms with Crippen molar-refractivity contribution < 1.29 is 39.8 Å². The topological polar surface area (TPSA) is 149 Å². The number of hydrogen-bond acceptors (Lipinski definition) is 8. The summed E-state index contributed by atoms with van der Waals surface area (Å²) in [6.07, 6.45) is 38.6. The molecule has 0 aliphatic carbocycles. The van der Waals surface area contributed by atoms with E-state index in [-0.39, 0.29) is 12.5 Å². The van der Waals surface area contributed by atoms with Crippen molar-refractivity contribution in [2.24, 2.45) is 0 Å². The second-order valence-electron chi connectivity index (χ2n) is 14.8. The first kappa shape index (κ1) is 49.9. The Morgan fingerprint density at radius 3 is 1.74 bits per heavy atom. The summed E-state index contributed by atoms with van der Waals surface area (Å²) in [5, 5.41) is 53.8. The van der Waals surface area contributed by atoms with Crippen LogP contribution in [-0.2, 0) is 14.3 Å². The lowest BCUT2D eigenvalue weighted by Crippen LogP contribution is -2.60.